The van der Waals surface area contributed by atoms with Crippen molar-refractivity contribution in [1.82, 2.24) is 0 Å². The van der Waals surface area contributed by atoms with Crippen LogP contribution in [0.5, 0.6) is 34.5 Å². The minimum Gasteiger partial charge on any atom is -0.493 e. The molecule has 0 aliphatic heterocycles. The second-order valence-corrected chi connectivity index (χ2v) is 8.00. The molecule has 0 spiro atoms. The third-order valence-corrected chi connectivity index (χ3v) is 6.21. The van der Waals surface area contributed by atoms with Gasteiger partial charge in [0.2, 0.25) is 11.5 Å². The molecule has 1 N–H and O–H groups in total. The number of methoxy groups -OCH3 is 6. The molecule has 0 bridgehead atoms. The van der Waals surface area contributed by atoms with Gasteiger partial charge in [-0.15, -0.1) is 0 Å². The Balaban J connectivity index is 2.54. The summed E-state index contributed by atoms with van der Waals surface area (Å²) in [6, 6.07) is 3.83. The van der Waals surface area contributed by atoms with Crippen LogP contribution in [0.15, 0.2) is 12.1 Å². The molecule has 0 amide bonds. The zero-order chi connectivity index (χ0) is 22.9. The van der Waals surface area contributed by atoms with Crippen molar-refractivity contribution in [3.05, 3.63) is 23.3 Å². The molecule has 170 valence electrons. The van der Waals surface area contributed by atoms with E-state index in [1.165, 1.54) is 0 Å². The third-order valence-electron chi connectivity index (χ3n) is 6.21. The molecule has 1 unspecified atom stereocenters. The van der Waals surface area contributed by atoms with Gasteiger partial charge in [-0.2, -0.15) is 0 Å². The fourth-order valence-corrected chi connectivity index (χ4v) is 4.37. The van der Waals surface area contributed by atoms with E-state index in [1.807, 2.05) is 26.0 Å². The Morgan fingerprint density at radius 1 is 0.710 bits per heavy atom. The average Bonchev–Trinajstić information content (AvgIpc) is 2.76. The van der Waals surface area contributed by atoms with Gasteiger partial charge >= 0.3 is 0 Å². The molecule has 0 heterocycles. The summed E-state index contributed by atoms with van der Waals surface area (Å²) in [4.78, 5) is 0. The first-order valence-electron chi connectivity index (χ1n) is 10.1. The van der Waals surface area contributed by atoms with Gasteiger partial charge in [0.15, 0.2) is 23.0 Å². The minimum absolute atomic E-state index is 0.0405. The van der Waals surface area contributed by atoms with Gasteiger partial charge in [-0.1, -0.05) is 6.92 Å². The lowest BCUT2D eigenvalue weighted by Gasteiger charge is -2.36. The molecular weight excluding hydrogens is 400 g/mol. The number of fused-ring (bicyclic) bond motifs is 3. The summed E-state index contributed by atoms with van der Waals surface area (Å²) in [5.74, 6) is 3.06. The molecule has 0 saturated carbocycles. The number of rotatable bonds is 6. The molecule has 0 aromatic heterocycles. The summed E-state index contributed by atoms with van der Waals surface area (Å²) in [6.07, 6.45) is 1.01. The van der Waals surface area contributed by atoms with E-state index in [-0.39, 0.29) is 5.92 Å². The lowest BCUT2D eigenvalue weighted by Crippen LogP contribution is -2.37. The molecule has 31 heavy (non-hydrogen) atoms. The van der Waals surface area contributed by atoms with Gasteiger partial charge < -0.3 is 33.5 Å². The van der Waals surface area contributed by atoms with Crippen molar-refractivity contribution in [1.29, 1.82) is 0 Å². The summed E-state index contributed by atoms with van der Waals surface area (Å²) < 4.78 is 34.2. The Labute approximate surface area is 183 Å². The SMILES string of the molecule is COc1cc2c(c(OC)c1OC)-c1c(cc(OC)c(OC)c1OC)C[C@](C)(O)C(C)C2. The quantitative estimate of drug-likeness (QED) is 0.742. The Morgan fingerprint density at radius 3 is 1.55 bits per heavy atom. The van der Waals surface area contributed by atoms with Crippen LogP contribution in [-0.2, 0) is 12.8 Å². The van der Waals surface area contributed by atoms with Crippen LogP contribution in [0.25, 0.3) is 11.1 Å². The molecular formula is C24H32O7. The highest BCUT2D eigenvalue weighted by atomic mass is 16.5. The predicted molar refractivity (Wildman–Crippen MR) is 118 cm³/mol. The van der Waals surface area contributed by atoms with Crippen LogP contribution in [0.1, 0.15) is 25.0 Å². The molecule has 2 atom stereocenters. The Hall–Kier alpha value is -2.80. The van der Waals surface area contributed by atoms with E-state index in [0.29, 0.717) is 47.3 Å². The smallest absolute Gasteiger partial charge is 0.203 e. The van der Waals surface area contributed by atoms with Crippen LogP contribution in [0.4, 0.5) is 0 Å². The molecule has 7 nitrogen and oxygen atoms in total. The van der Waals surface area contributed by atoms with Gasteiger partial charge in [0.1, 0.15) is 0 Å². The van der Waals surface area contributed by atoms with Crippen molar-refractivity contribution in [2.75, 3.05) is 42.7 Å². The lowest BCUT2D eigenvalue weighted by molar-refractivity contribution is 0.00628. The molecule has 0 saturated heterocycles. The summed E-state index contributed by atoms with van der Waals surface area (Å²) >= 11 is 0. The average molecular weight is 433 g/mol. The summed E-state index contributed by atoms with van der Waals surface area (Å²) in [5.41, 5.74) is 2.46. The second kappa shape index (κ2) is 8.75. The van der Waals surface area contributed by atoms with E-state index >= 15 is 0 Å². The van der Waals surface area contributed by atoms with E-state index in [4.69, 9.17) is 28.4 Å². The molecule has 1 aliphatic rings. The topological polar surface area (TPSA) is 75.6 Å². The highest BCUT2D eigenvalue weighted by molar-refractivity contribution is 5.88. The van der Waals surface area contributed by atoms with Crippen molar-refractivity contribution in [2.45, 2.75) is 32.3 Å². The highest BCUT2D eigenvalue weighted by Gasteiger charge is 2.38. The monoisotopic (exact) mass is 432 g/mol. The first-order valence-corrected chi connectivity index (χ1v) is 10.1. The van der Waals surface area contributed by atoms with E-state index in [9.17, 15) is 5.11 Å². The van der Waals surface area contributed by atoms with Crippen LogP contribution in [-0.4, -0.2) is 53.4 Å². The number of aliphatic hydroxyl groups is 1. The minimum atomic E-state index is -0.961. The number of benzene rings is 2. The number of hydrogen-bond donors (Lipinski definition) is 1. The van der Waals surface area contributed by atoms with E-state index in [2.05, 4.69) is 0 Å². The third kappa shape index (κ3) is 3.71. The zero-order valence-corrected chi connectivity index (χ0v) is 19.5. The van der Waals surface area contributed by atoms with Crippen molar-refractivity contribution < 1.29 is 33.5 Å². The molecule has 2 aromatic rings. The van der Waals surface area contributed by atoms with E-state index < -0.39 is 5.60 Å². The Bertz CT molecular complexity index is 965. The number of hydrogen-bond acceptors (Lipinski definition) is 7. The molecule has 1 aliphatic carbocycles. The normalized spacial score (nSPS) is 20.0. The first kappa shape index (κ1) is 22.9. The van der Waals surface area contributed by atoms with Crippen molar-refractivity contribution >= 4 is 0 Å². The highest BCUT2D eigenvalue weighted by Crippen LogP contribution is 2.56. The van der Waals surface area contributed by atoms with Crippen LogP contribution >= 0.6 is 0 Å². The van der Waals surface area contributed by atoms with Gasteiger partial charge in [-0.05, 0) is 42.5 Å². The van der Waals surface area contributed by atoms with Gasteiger partial charge in [0.25, 0.3) is 0 Å². The van der Waals surface area contributed by atoms with E-state index in [0.717, 1.165) is 22.3 Å². The molecule has 2 aromatic carbocycles. The maximum Gasteiger partial charge on any atom is 0.203 e. The molecule has 0 fully saturated rings. The molecule has 7 heteroatoms. The summed E-state index contributed by atoms with van der Waals surface area (Å²) in [5, 5.41) is 11.3. The van der Waals surface area contributed by atoms with Crippen LogP contribution in [0.3, 0.4) is 0 Å². The number of ether oxygens (including phenoxy) is 6. The fraction of sp³-hybridized carbons (Fsp3) is 0.500. The van der Waals surface area contributed by atoms with Crippen molar-refractivity contribution in [2.24, 2.45) is 5.92 Å². The molecule has 0 radical (unpaired) electrons. The van der Waals surface area contributed by atoms with Gasteiger partial charge in [-0.3, -0.25) is 0 Å². The summed E-state index contributed by atoms with van der Waals surface area (Å²) in [7, 11) is 9.51. The van der Waals surface area contributed by atoms with Crippen LogP contribution in [0, 0.1) is 5.92 Å². The Morgan fingerprint density at radius 2 is 1.13 bits per heavy atom. The zero-order valence-electron chi connectivity index (χ0n) is 19.5. The van der Waals surface area contributed by atoms with Gasteiger partial charge in [0, 0.05) is 17.5 Å². The van der Waals surface area contributed by atoms with Crippen molar-refractivity contribution in [3.8, 4) is 45.6 Å². The standard InChI is InChI=1S/C24H32O7/c1-13-9-14-10-16(26-3)20(28-5)22(30-7)18(14)19-15(12-24(13,2)25)11-17(27-4)21(29-6)23(19)31-8/h10-11,13,25H,9,12H2,1-8H3/t13?,24-/m0/s1. The Kier molecular flexibility index (Phi) is 6.46. The largest absolute Gasteiger partial charge is 0.493 e. The first-order chi connectivity index (χ1) is 14.8. The second-order valence-electron chi connectivity index (χ2n) is 8.00. The van der Waals surface area contributed by atoms with E-state index in [1.54, 1.807) is 42.7 Å². The van der Waals surface area contributed by atoms with Gasteiger partial charge in [0.05, 0.1) is 48.3 Å². The fourth-order valence-electron chi connectivity index (χ4n) is 4.37. The maximum absolute atomic E-state index is 11.3. The predicted octanol–water partition coefficient (Wildman–Crippen LogP) is 3.89. The molecule has 3 rings (SSSR count). The lowest BCUT2D eigenvalue weighted by atomic mass is 9.75. The van der Waals surface area contributed by atoms with Gasteiger partial charge in [-0.25, -0.2) is 0 Å². The van der Waals surface area contributed by atoms with Crippen molar-refractivity contribution in [3.63, 3.8) is 0 Å². The van der Waals surface area contributed by atoms with Crippen LogP contribution < -0.4 is 28.4 Å². The maximum atomic E-state index is 11.3. The summed E-state index contributed by atoms with van der Waals surface area (Å²) in [6.45, 7) is 3.89. The van der Waals surface area contributed by atoms with Crippen LogP contribution in [0.2, 0.25) is 0 Å².